The monoisotopic (exact) mass is 423 g/mol. The largest absolute Gasteiger partial charge is 0.362 e. The molecule has 0 saturated carbocycles. The van der Waals surface area contributed by atoms with Gasteiger partial charge in [-0.1, -0.05) is 0 Å². The van der Waals surface area contributed by atoms with E-state index in [0.29, 0.717) is 11.4 Å². The molecule has 0 radical (unpaired) electrons. The van der Waals surface area contributed by atoms with E-state index in [2.05, 4.69) is 30.6 Å². The van der Waals surface area contributed by atoms with Crippen molar-refractivity contribution in [1.82, 2.24) is 15.3 Å². The Balaban J connectivity index is 2.10. The summed E-state index contributed by atoms with van der Waals surface area (Å²) in [6.07, 6.45) is 1.07. The van der Waals surface area contributed by atoms with Gasteiger partial charge in [-0.15, -0.1) is 0 Å². The number of carbonyl (C=O) groups is 1. The van der Waals surface area contributed by atoms with E-state index in [4.69, 9.17) is 0 Å². The van der Waals surface area contributed by atoms with Crippen LogP contribution in [0.25, 0.3) is 0 Å². The summed E-state index contributed by atoms with van der Waals surface area (Å²) in [6.45, 7) is 3.41. The van der Waals surface area contributed by atoms with Gasteiger partial charge in [-0.25, -0.2) is 13.4 Å². The summed E-state index contributed by atoms with van der Waals surface area (Å²) < 4.78 is 25.6. The fourth-order valence-electron chi connectivity index (χ4n) is 2.12. The molecule has 2 aromatic rings. The molecule has 1 aromatic heterocycles. The lowest BCUT2D eigenvalue weighted by molar-refractivity contribution is -0.384. The number of amides is 1. The van der Waals surface area contributed by atoms with Crippen LogP contribution >= 0.6 is 0 Å². The van der Waals surface area contributed by atoms with E-state index in [0.717, 1.165) is 6.20 Å². The summed E-state index contributed by atoms with van der Waals surface area (Å²) in [7, 11) is -3.37. The normalized spacial score (nSPS) is 10.8. The van der Waals surface area contributed by atoms with Crippen LogP contribution in [-0.4, -0.2) is 48.1 Å². The van der Waals surface area contributed by atoms with Crippen molar-refractivity contribution < 1.29 is 18.1 Å². The van der Waals surface area contributed by atoms with Crippen molar-refractivity contribution in [2.45, 2.75) is 13.8 Å². The minimum absolute atomic E-state index is 0.00479. The van der Waals surface area contributed by atoms with E-state index in [-0.39, 0.29) is 42.2 Å². The van der Waals surface area contributed by atoms with Crippen molar-refractivity contribution in [2.75, 3.05) is 34.2 Å². The van der Waals surface area contributed by atoms with Crippen molar-refractivity contribution in [1.29, 1.82) is 0 Å². The molecular weight excluding hydrogens is 402 g/mol. The number of hydrogen-bond donors (Lipinski definition) is 4. The number of carbonyl (C=O) groups excluding carboxylic acids is 1. The zero-order valence-electron chi connectivity index (χ0n) is 15.8. The first-order valence-corrected chi connectivity index (χ1v) is 10.2. The van der Waals surface area contributed by atoms with Gasteiger partial charge in [0.15, 0.2) is 0 Å². The molecular formula is C16H21N7O5S. The zero-order chi connectivity index (χ0) is 21.4. The van der Waals surface area contributed by atoms with Crippen LogP contribution in [0.4, 0.5) is 28.8 Å². The lowest BCUT2D eigenvalue weighted by atomic mass is 10.3. The predicted molar refractivity (Wildman–Crippen MR) is 109 cm³/mol. The minimum Gasteiger partial charge on any atom is -0.362 e. The standard InChI is InChI=1S/C16H21N7O5S/c1-3-29(27,28)22-13-6-4-12(5-7-13)20-16-19-10-14(23(25)26)15(21-16)18-9-8-17-11(2)24/h4-7,10,22H,3,8-9H2,1-2H3,(H,17,24)(H2,18,19,20,21). The third-order valence-corrected chi connectivity index (χ3v) is 4.86. The predicted octanol–water partition coefficient (Wildman–Crippen LogP) is 1.44. The van der Waals surface area contributed by atoms with Gasteiger partial charge in [-0.2, -0.15) is 4.98 Å². The Kier molecular flexibility index (Phi) is 7.25. The van der Waals surface area contributed by atoms with E-state index in [1.54, 1.807) is 24.3 Å². The molecule has 4 N–H and O–H groups in total. The highest BCUT2D eigenvalue weighted by atomic mass is 32.2. The zero-order valence-corrected chi connectivity index (χ0v) is 16.6. The van der Waals surface area contributed by atoms with Gasteiger partial charge in [-0.05, 0) is 31.2 Å². The number of nitro groups is 1. The molecule has 1 amide bonds. The molecule has 12 nitrogen and oxygen atoms in total. The average molecular weight is 423 g/mol. The van der Waals surface area contributed by atoms with Crippen LogP contribution in [0.5, 0.6) is 0 Å². The first kappa shape index (κ1) is 21.8. The number of aromatic nitrogens is 2. The Bertz CT molecular complexity index is 980. The Morgan fingerprint density at radius 3 is 2.41 bits per heavy atom. The van der Waals surface area contributed by atoms with Gasteiger partial charge in [0.1, 0.15) is 6.20 Å². The smallest absolute Gasteiger partial charge is 0.329 e. The quantitative estimate of drug-likeness (QED) is 0.251. The van der Waals surface area contributed by atoms with Gasteiger partial charge in [0, 0.05) is 31.4 Å². The van der Waals surface area contributed by atoms with Crippen LogP contribution in [-0.2, 0) is 14.8 Å². The second kappa shape index (κ2) is 9.64. The molecule has 0 unspecified atom stereocenters. The SMILES string of the molecule is CCS(=O)(=O)Nc1ccc(Nc2ncc([N+](=O)[O-])c(NCCNC(C)=O)n2)cc1. The van der Waals surface area contributed by atoms with Crippen LogP contribution in [0.2, 0.25) is 0 Å². The topological polar surface area (TPSA) is 168 Å². The molecule has 1 aromatic carbocycles. The first-order chi connectivity index (χ1) is 13.7. The number of benzene rings is 1. The fourth-order valence-corrected chi connectivity index (χ4v) is 2.76. The van der Waals surface area contributed by atoms with Crippen molar-refractivity contribution >= 4 is 44.8 Å². The minimum atomic E-state index is -3.37. The summed E-state index contributed by atoms with van der Waals surface area (Å²) in [5, 5.41) is 19.4. The van der Waals surface area contributed by atoms with E-state index in [1.165, 1.54) is 13.8 Å². The number of anilines is 4. The maximum Gasteiger partial charge on any atom is 0.329 e. The van der Waals surface area contributed by atoms with Gasteiger partial charge in [-0.3, -0.25) is 19.6 Å². The second-order valence-corrected chi connectivity index (χ2v) is 7.81. The molecule has 1 heterocycles. The Labute approximate surface area is 167 Å². The van der Waals surface area contributed by atoms with Crippen LogP contribution in [0.3, 0.4) is 0 Å². The Morgan fingerprint density at radius 1 is 1.17 bits per heavy atom. The van der Waals surface area contributed by atoms with Crippen molar-refractivity contribution in [3.05, 3.63) is 40.6 Å². The lowest BCUT2D eigenvalue weighted by Gasteiger charge is -2.10. The van der Waals surface area contributed by atoms with Crippen LogP contribution in [0.15, 0.2) is 30.5 Å². The third-order valence-electron chi connectivity index (χ3n) is 3.55. The third kappa shape index (κ3) is 6.88. The molecule has 29 heavy (non-hydrogen) atoms. The number of sulfonamides is 1. The van der Waals surface area contributed by atoms with Gasteiger partial charge in [0.2, 0.25) is 27.7 Å². The van der Waals surface area contributed by atoms with Crippen molar-refractivity contribution in [3.63, 3.8) is 0 Å². The van der Waals surface area contributed by atoms with Gasteiger partial charge in [0.25, 0.3) is 0 Å². The van der Waals surface area contributed by atoms with E-state index >= 15 is 0 Å². The fraction of sp³-hybridized carbons (Fsp3) is 0.312. The number of hydrogen-bond acceptors (Lipinski definition) is 9. The van der Waals surface area contributed by atoms with Crippen molar-refractivity contribution in [2.24, 2.45) is 0 Å². The molecule has 0 aliphatic heterocycles. The highest BCUT2D eigenvalue weighted by Crippen LogP contribution is 2.24. The summed E-state index contributed by atoms with van der Waals surface area (Å²) in [5.41, 5.74) is 0.660. The number of rotatable bonds is 10. The van der Waals surface area contributed by atoms with E-state index in [9.17, 15) is 23.3 Å². The first-order valence-electron chi connectivity index (χ1n) is 8.57. The lowest BCUT2D eigenvalue weighted by Crippen LogP contribution is -2.26. The maximum absolute atomic E-state index is 11.6. The summed E-state index contributed by atoms with van der Waals surface area (Å²) in [5.74, 6) is -0.137. The molecule has 156 valence electrons. The maximum atomic E-state index is 11.6. The Hall–Kier alpha value is -3.48. The summed E-state index contributed by atoms with van der Waals surface area (Å²) in [4.78, 5) is 29.4. The van der Waals surface area contributed by atoms with Crippen LogP contribution in [0.1, 0.15) is 13.8 Å². The molecule has 0 fully saturated rings. The summed E-state index contributed by atoms with van der Waals surface area (Å²) in [6, 6.07) is 6.35. The van der Waals surface area contributed by atoms with E-state index in [1.807, 2.05) is 0 Å². The Morgan fingerprint density at radius 2 is 1.83 bits per heavy atom. The van der Waals surface area contributed by atoms with E-state index < -0.39 is 14.9 Å². The van der Waals surface area contributed by atoms with Gasteiger partial charge in [0.05, 0.1) is 10.7 Å². The molecule has 0 aliphatic rings. The van der Waals surface area contributed by atoms with Gasteiger partial charge >= 0.3 is 5.69 Å². The molecule has 0 atom stereocenters. The molecule has 2 rings (SSSR count). The second-order valence-electron chi connectivity index (χ2n) is 5.80. The molecule has 0 saturated heterocycles. The van der Waals surface area contributed by atoms with Crippen LogP contribution < -0.4 is 20.7 Å². The number of nitrogens with zero attached hydrogens (tertiary/aromatic N) is 3. The molecule has 0 spiro atoms. The highest BCUT2D eigenvalue weighted by molar-refractivity contribution is 7.92. The van der Waals surface area contributed by atoms with Crippen molar-refractivity contribution in [3.8, 4) is 0 Å². The average Bonchev–Trinajstić information content (AvgIpc) is 2.66. The molecule has 13 heteroatoms. The molecule has 0 bridgehead atoms. The van der Waals surface area contributed by atoms with Gasteiger partial charge < -0.3 is 16.0 Å². The molecule has 0 aliphatic carbocycles. The summed E-state index contributed by atoms with van der Waals surface area (Å²) >= 11 is 0. The van der Waals surface area contributed by atoms with Crippen LogP contribution in [0, 0.1) is 10.1 Å². The highest BCUT2D eigenvalue weighted by Gasteiger charge is 2.17. The number of nitrogens with one attached hydrogen (secondary N) is 4.